The van der Waals surface area contributed by atoms with Crippen LogP contribution in [0, 0.1) is 11.2 Å². The van der Waals surface area contributed by atoms with Crippen molar-refractivity contribution in [2.24, 2.45) is 15.7 Å². The Bertz CT molecular complexity index is 989. The van der Waals surface area contributed by atoms with Gasteiger partial charge < -0.3 is 5.21 Å². The molecular formula is C17H20BrFN4O4S. The van der Waals surface area contributed by atoms with E-state index in [2.05, 4.69) is 31.4 Å². The molecule has 8 nitrogen and oxygen atoms in total. The van der Waals surface area contributed by atoms with Crippen LogP contribution in [0.5, 0.6) is 0 Å². The lowest BCUT2D eigenvalue weighted by molar-refractivity contribution is 0.300. The molecule has 1 saturated carbocycles. The van der Waals surface area contributed by atoms with Crippen LogP contribution in [-0.4, -0.2) is 35.4 Å². The molecular weight excluding hydrogens is 455 g/mol. The van der Waals surface area contributed by atoms with Gasteiger partial charge >= 0.3 is 0 Å². The Kier molecular flexibility index (Phi) is 6.15. The molecule has 11 heteroatoms. The number of nitrogens with zero attached hydrogens (tertiary/aromatic N) is 3. The second-order valence-electron chi connectivity index (χ2n) is 7.19. The van der Waals surface area contributed by atoms with Crippen molar-refractivity contribution in [1.82, 2.24) is 10.3 Å². The fourth-order valence-corrected chi connectivity index (χ4v) is 5.01. The molecule has 3 N–H and O–H groups in total. The van der Waals surface area contributed by atoms with E-state index in [0.717, 1.165) is 18.4 Å². The molecule has 0 aliphatic heterocycles. The minimum atomic E-state index is -3.50. The van der Waals surface area contributed by atoms with Crippen molar-refractivity contribution in [1.29, 1.82) is 0 Å². The van der Waals surface area contributed by atoms with Crippen LogP contribution in [0.4, 0.5) is 4.39 Å². The lowest BCUT2D eigenvalue weighted by atomic mass is 9.98. The molecule has 3 rings (SSSR count). The first-order valence-electron chi connectivity index (χ1n) is 8.68. The Morgan fingerprint density at radius 2 is 2.14 bits per heavy atom. The number of aryl methyl sites for hydroxylation is 1. The van der Waals surface area contributed by atoms with Crippen LogP contribution < -0.4 is 5.14 Å². The van der Waals surface area contributed by atoms with Crippen molar-refractivity contribution < 1.29 is 22.6 Å². The molecule has 28 heavy (non-hydrogen) atoms. The summed E-state index contributed by atoms with van der Waals surface area (Å²) in [4.78, 5) is 0. The number of primary sulfonamides is 1. The molecule has 0 spiro atoms. The molecule has 1 fully saturated rings. The molecule has 2 aromatic rings. The topological polar surface area (TPSA) is 132 Å². The lowest BCUT2D eigenvalue weighted by Gasteiger charge is -2.12. The van der Waals surface area contributed by atoms with Gasteiger partial charge in [-0.05, 0) is 76.3 Å². The van der Waals surface area contributed by atoms with Crippen molar-refractivity contribution in [3.8, 4) is 0 Å². The second-order valence-corrected chi connectivity index (χ2v) is 9.66. The van der Waals surface area contributed by atoms with Gasteiger partial charge in [-0.1, -0.05) is 16.4 Å². The third-order valence-corrected chi connectivity index (χ3v) is 6.51. The molecule has 1 aromatic carbocycles. The smallest absolute Gasteiger partial charge is 0.209 e. The molecule has 1 aromatic heterocycles. The van der Waals surface area contributed by atoms with E-state index in [1.807, 2.05) is 0 Å². The summed E-state index contributed by atoms with van der Waals surface area (Å²) >= 11 is 3.12. The van der Waals surface area contributed by atoms with Gasteiger partial charge in [-0.3, -0.25) is 0 Å². The summed E-state index contributed by atoms with van der Waals surface area (Å²) in [7, 11) is -3.50. The zero-order chi connectivity index (χ0) is 20.4. The summed E-state index contributed by atoms with van der Waals surface area (Å²) in [5.41, 5.74) is 1.60. The molecule has 0 saturated heterocycles. The SMILES string of the molecule is NS(=O)(=O)CC1(CCCc2nonc2/C(Cc2ccc(F)c(Br)c2)=N/O)CC1. The van der Waals surface area contributed by atoms with Gasteiger partial charge in [0.15, 0.2) is 5.69 Å². The fraction of sp³-hybridized carbons (Fsp3) is 0.471. The van der Waals surface area contributed by atoms with Crippen molar-refractivity contribution in [3.63, 3.8) is 0 Å². The number of nitrogens with two attached hydrogens (primary N) is 1. The van der Waals surface area contributed by atoms with E-state index in [-0.39, 0.29) is 29.1 Å². The maximum absolute atomic E-state index is 13.4. The van der Waals surface area contributed by atoms with E-state index < -0.39 is 10.0 Å². The van der Waals surface area contributed by atoms with Crippen molar-refractivity contribution >= 4 is 31.7 Å². The second kappa shape index (κ2) is 8.26. The third-order valence-electron chi connectivity index (χ3n) is 4.89. The van der Waals surface area contributed by atoms with Crippen LogP contribution in [0.2, 0.25) is 0 Å². The van der Waals surface area contributed by atoms with Gasteiger partial charge in [0.25, 0.3) is 0 Å². The van der Waals surface area contributed by atoms with E-state index in [4.69, 9.17) is 9.77 Å². The normalized spacial score (nSPS) is 16.3. The molecule has 1 aliphatic carbocycles. The van der Waals surface area contributed by atoms with Crippen LogP contribution >= 0.6 is 15.9 Å². The Morgan fingerprint density at radius 1 is 1.39 bits per heavy atom. The van der Waals surface area contributed by atoms with Gasteiger partial charge in [-0.25, -0.2) is 22.6 Å². The van der Waals surface area contributed by atoms with Crippen molar-refractivity contribution in [2.75, 3.05) is 5.75 Å². The molecule has 0 radical (unpaired) electrons. The van der Waals surface area contributed by atoms with E-state index in [1.165, 1.54) is 6.07 Å². The highest BCUT2D eigenvalue weighted by Crippen LogP contribution is 2.50. The van der Waals surface area contributed by atoms with Crippen LogP contribution in [0.25, 0.3) is 0 Å². The molecule has 1 aliphatic rings. The molecule has 0 atom stereocenters. The Labute approximate surface area is 170 Å². The number of benzene rings is 1. The number of rotatable bonds is 9. The maximum Gasteiger partial charge on any atom is 0.209 e. The van der Waals surface area contributed by atoms with Gasteiger partial charge in [0.05, 0.1) is 10.2 Å². The average molecular weight is 475 g/mol. The quantitative estimate of drug-likeness (QED) is 0.326. The lowest BCUT2D eigenvalue weighted by Crippen LogP contribution is -2.24. The predicted molar refractivity (Wildman–Crippen MR) is 103 cm³/mol. The van der Waals surface area contributed by atoms with Gasteiger partial charge in [0, 0.05) is 6.42 Å². The molecule has 152 valence electrons. The van der Waals surface area contributed by atoms with Crippen LogP contribution in [0.1, 0.15) is 42.6 Å². The number of oxime groups is 1. The number of hydrogen-bond acceptors (Lipinski definition) is 7. The van der Waals surface area contributed by atoms with Gasteiger partial charge in [-0.15, -0.1) is 0 Å². The van der Waals surface area contributed by atoms with E-state index in [0.29, 0.717) is 35.1 Å². The summed E-state index contributed by atoms with van der Waals surface area (Å²) in [6.07, 6.45) is 3.78. The van der Waals surface area contributed by atoms with Gasteiger partial charge in [-0.2, -0.15) is 0 Å². The first-order chi connectivity index (χ1) is 13.2. The van der Waals surface area contributed by atoms with Crippen molar-refractivity contribution in [2.45, 2.75) is 38.5 Å². The summed E-state index contributed by atoms with van der Waals surface area (Å²) in [6.45, 7) is 0. The largest absolute Gasteiger partial charge is 0.411 e. The highest BCUT2D eigenvalue weighted by molar-refractivity contribution is 9.10. The van der Waals surface area contributed by atoms with Gasteiger partial charge in [0.2, 0.25) is 10.0 Å². The maximum atomic E-state index is 13.4. The fourth-order valence-electron chi connectivity index (χ4n) is 3.30. The van der Waals surface area contributed by atoms with Crippen LogP contribution in [-0.2, 0) is 22.9 Å². The first kappa shape index (κ1) is 20.9. The minimum Gasteiger partial charge on any atom is -0.411 e. The summed E-state index contributed by atoms with van der Waals surface area (Å²) in [5, 5.41) is 25.6. The van der Waals surface area contributed by atoms with Gasteiger partial charge in [0.1, 0.15) is 17.2 Å². The third kappa shape index (κ3) is 5.36. The highest BCUT2D eigenvalue weighted by Gasteiger charge is 2.44. The van der Waals surface area contributed by atoms with Crippen LogP contribution in [0.15, 0.2) is 32.5 Å². The Morgan fingerprint density at radius 3 is 2.75 bits per heavy atom. The number of halogens is 2. The van der Waals surface area contributed by atoms with E-state index in [1.54, 1.807) is 12.1 Å². The Balaban J connectivity index is 1.64. The molecule has 0 amide bonds. The number of sulfonamides is 1. The van der Waals surface area contributed by atoms with E-state index in [9.17, 15) is 18.0 Å². The van der Waals surface area contributed by atoms with E-state index >= 15 is 0 Å². The number of hydrogen-bond donors (Lipinski definition) is 2. The highest BCUT2D eigenvalue weighted by atomic mass is 79.9. The Hall–Kier alpha value is -1.85. The first-order valence-corrected chi connectivity index (χ1v) is 11.2. The number of aromatic nitrogens is 2. The minimum absolute atomic E-state index is 0.00723. The molecule has 0 unspecified atom stereocenters. The summed E-state index contributed by atoms with van der Waals surface area (Å²) < 4.78 is 41.2. The standard InChI is InChI=1S/C17H20BrFN4O4S/c18-12-8-11(3-4-13(12)19)9-15(21-24)16-14(22-27-23-16)2-1-5-17(6-7-17)10-28(20,25)26/h3-4,8,24H,1-2,5-7,9-10H2,(H2,20,25,26)/b21-15+. The summed E-state index contributed by atoms with van der Waals surface area (Å²) in [5.74, 6) is -0.393. The average Bonchev–Trinajstić information content (AvgIpc) is 3.19. The summed E-state index contributed by atoms with van der Waals surface area (Å²) in [6, 6.07) is 4.50. The predicted octanol–water partition coefficient (Wildman–Crippen LogP) is 2.78. The monoisotopic (exact) mass is 474 g/mol. The molecule has 0 bridgehead atoms. The molecule has 1 heterocycles. The van der Waals surface area contributed by atoms with Crippen molar-refractivity contribution in [3.05, 3.63) is 45.4 Å². The zero-order valence-electron chi connectivity index (χ0n) is 14.9. The zero-order valence-corrected chi connectivity index (χ0v) is 17.3. The van der Waals surface area contributed by atoms with Crippen LogP contribution in [0.3, 0.4) is 0 Å².